The van der Waals surface area contributed by atoms with E-state index in [0.717, 1.165) is 12.2 Å². The van der Waals surface area contributed by atoms with Crippen LogP contribution in [0, 0.1) is 0 Å². The van der Waals surface area contributed by atoms with Gasteiger partial charge in [-0.3, -0.25) is 0 Å². The second kappa shape index (κ2) is 5.77. The van der Waals surface area contributed by atoms with Gasteiger partial charge < -0.3 is 10.1 Å². The van der Waals surface area contributed by atoms with Crippen molar-refractivity contribution in [2.75, 3.05) is 13.2 Å². The van der Waals surface area contributed by atoms with E-state index in [9.17, 15) is 4.79 Å². The Hall–Kier alpha value is -0.990. The highest BCUT2D eigenvalue weighted by Crippen LogP contribution is 1.88. The van der Waals surface area contributed by atoms with Crippen LogP contribution in [-0.2, 0) is 9.53 Å². The zero-order valence-electron chi connectivity index (χ0n) is 7.31. The number of esters is 1. The Balaban J connectivity index is 3.76. The lowest BCUT2D eigenvalue weighted by Crippen LogP contribution is -2.12. The topological polar surface area (TPSA) is 38.3 Å². The van der Waals surface area contributed by atoms with Gasteiger partial charge in [0.25, 0.3) is 0 Å². The van der Waals surface area contributed by atoms with Crippen molar-refractivity contribution in [1.82, 2.24) is 5.32 Å². The Bertz CT molecular complexity index is 152. The van der Waals surface area contributed by atoms with Gasteiger partial charge in [0.05, 0.1) is 6.61 Å². The third-order valence-electron chi connectivity index (χ3n) is 1.08. The fourth-order valence-corrected chi connectivity index (χ4v) is 0.691. The first-order valence-corrected chi connectivity index (χ1v) is 3.79. The maximum absolute atomic E-state index is 10.8. The smallest absolute Gasteiger partial charge is 0.332 e. The SMILES string of the molecule is CCNC(C)=CC(=O)OCC. The summed E-state index contributed by atoms with van der Waals surface area (Å²) in [6.07, 6.45) is 1.45. The highest BCUT2D eigenvalue weighted by Gasteiger charge is 1.95. The highest BCUT2D eigenvalue weighted by molar-refractivity contribution is 5.82. The number of hydrogen-bond acceptors (Lipinski definition) is 3. The number of carbonyl (C=O) groups excluding carboxylic acids is 1. The van der Waals surface area contributed by atoms with Gasteiger partial charge in [0.1, 0.15) is 0 Å². The fraction of sp³-hybridized carbons (Fsp3) is 0.625. The lowest BCUT2D eigenvalue weighted by atomic mass is 10.4. The van der Waals surface area contributed by atoms with Gasteiger partial charge in [-0.25, -0.2) is 4.79 Å². The normalized spacial score (nSPS) is 11.0. The van der Waals surface area contributed by atoms with Gasteiger partial charge in [0, 0.05) is 18.3 Å². The number of allylic oxidation sites excluding steroid dienone is 1. The average molecular weight is 157 g/mol. The standard InChI is InChI=1S/C8H15NO2/c1-4-9-7(3)6-8(10)11-5-2/h6,9H,4-5H2,1-3H3. The van der Waals surface area contributed by atoms with Gasteiger partial charge in [0.15, 0.2) is 0 Å². The number of ether oxygens (including phenoxy) is 1. The second-order valence-corrected chi connectivity index (χ2v) is 2.11. The van der Waals surface area contributed by atoms with Crippen molar-refractivity contribution in [2.45, 2.75) is 20.8 Å². The molecule has 0 spiro atoms. The summed E-state index contributed by atoms with van der Waals surface area (Å²) >= 11 is 0. The molecule has 0 atom stereocenters. The van der Waals surface area contributed by atoms with Crippen LogP contribution >= 0.6 is 0 Å². The number of hydrogen-bond donors (Lipinski definition) is 1. The molecule has 3 nitrogen and oxygen atoms in total. The molecule has 0 heterocycles. The van der Waals surface area contributed by atoms with Gasteiger partial charge in [-0.2, -0.15) is 0 Å². The van der Waals surface area contributed by atoms with E-state index in [2.05, 4.69) is 5.32 Å². The third kappa shape index (κ3) is 5.45. The largest absolute Gasteiger partial charge is 0.463 e. The van der Waals surface area contributed by atoms with Gasteiger partial charge >= 0.3 is 5.97 Å². The minimum absolute atomic E-state index is 0.286. The number of rotatable bonds is 4. The molecular weight excluding hydrogens is 142 g/mol. The molecule has 0 aliphatic heterocycles. The Morgan fingerprint density at radius 3 is 2.64 bits per heavy atom. The molecule has 0 unspecified atom stereocenters. The first-order chi connectivity index (χ1) is 5.20. The summed E-state index contributed by atoms with van der Waals surface area (Å²) in [5, 5.41) is 3.00. The Labute approximate surface area is 67.4 Å². The monoisotopic (exact) mass is 157 g/mol. The summed E-state index contributed by atoms with van der Waals surface area (Å²) in [6.45, 7) is 6.84. The van der Waals surface area contributed by atoms with Crippen LogP contribution in [0.1, 0.15) is 20.8 Å². The van der Waals surface area contributed by atoms with Gasteiger partial charge in [-0.15, -0.1) is 0 Å². The molecule has 0 aromatic carbocycles. The van der Waals surface area contributed by atoms with Crippen LogP contribution < -0.4 is 5.32 Å². The molecule has 0 amide bonds. The molecule has 0 saturated carbocycles. The zero-order valence-corrected chi connectivity index (χ0v) is 7.31. The van der Waals surface area contributed by atoms with Crippen LogP contribution in [0.15, 0.2) is 11.8 Å². The molecule has 0 rings (SSSR count). The molecule has 0 saturated heterocycles. The van der Waals surface area contributed by atoms with E-state index < -0.39 is 0 Å². The van der Waals surface area contributed by atoms with E-state index in [1.165, 1.54) is 6.08 Å². The molecule has 0 aliphatic rings. The molecule has 64 valence electrons. The molecule has 0 aromatic heterocycles. The molecule has 0 aliphatic carbocycles. The summed E-state index contributed by atoms with van der Waals surface area (Å²) in [4.78, 5) is 10.8. The van der Waals surface area contributed by atoms with Crippen LogP contribution in [0.25, 0.3) is 0 Å². The van der Waals surface area contributed by atoms with Crippen LogP contribution in [0.3, 0.4) is 0 Å². The zero-order chi connectivity index (χ0) is 8.69. The molecule has 0 bridgehead atoms. The second-order valence-electron chi connectivity index (χ2n) is 2.11. The van der Waals surface area contributed by atoms with Crippen molar-refractivity contribution < 1.29 is 9.53 Å². The van der Waals surface area contributed by atoms with Gasteiger partial charge in [-0.1, -0.05) is 0 Å². The molecule has 3 heteroatoms. The van der Waals surface area contributed by atoms with Crippen molar-refractivity contribution in [3.63, 3.8) is 0 Å². The molecular formula is C8H15NO2. The van der Waals surface area contributed by atoms with Crippen molar-refractivity contribution in [3.05, 3.63) is 11.8 Å². The van der Waals surface area contributed by atoms with E-state index in [1.807, 2.05) is 13.8 Å². The lowest BCUT2D eigenvalue weighted by Gasteiger charge is -2.01. The van der Waals surface area contributed by atoms with Crippen LogP contribution in [0.5, 0.6) is 0 Å². The van der Waals surface area contributed by atoms with Crippen molar-refractivity contribution in [1.29, 1.82) is 0 Å². The molecule has 0 fully saturated rings. The lowest BCUT2D eigenvalue weighted by molar-refractivity contribution is -0.137. The maximum atomic E-state index is 10.8. The minimum atomic E-state index is -0.286. The maximum Gasteiger partial charge on any atom is 0.332 e. The van der Waals surface area contributed by atoms with Gasteiger partial charge in [-0.05, 0) is 20.8 Å². The van der Waals surface area contributed by atoms with Crippen LogP contribution in [0.2, 0.25) is 0 Å². The van der Waals surface area contributed by atoms with Crippen molar-refractivity contribution in [3.8, 4) is 0 Å². The van der Waals surface area contributed by atoms with Crippen molar-refractivity contribution >= 4 is 5.97 Å². The van der Waals surface area contributed by atoms with Crippen LogP contribution in [0.4, 0.5) is 0 Å². The van der Waals surface area contributed by atoms with Crippen LogP contribution in [-0.4, -0.2) is 19.1 Å². The van der Waals surface area contributed by atoms with E-state index in [4.69, 9.17) is 4.74 Å². The third-order valence-corrected chi connectivity index (χ3v) is 1.08. The quantitative estimate of drug-likeness (QED) is 0.490. The minimum Gasteiger partial charge on any atom is -0.463 e. The van der Waals surface area contributed by atoms with E-state index in [0.29, 0.717) is 6.61 Å². The predicted molar refractivity (Wildman–Crippen MR) is 44.1 cm³/mol. The summed E-state index contributed by atoms with van der Waals surface area (Å²) < 4.78 is 4.70. The first-order valence-electron chi connectivity index (χ1n) is 3.79. The van der Waals surface area contributed by atoms with Crippen molar-refractivity contribution in [2.24, 2.45) is 0 Å². The molecule has 0 radical (unpaired) electrons. The average Bonchev–Trinajstić information content (AvgIpc) is 1.87. The summed E-state index contributed by atoms with van der Waals surface area (Å²) in [7, 11) is 0. The summed E-state index contributed by atoms with van der Waals surface area (Å²) in [5.74, 6) is -0.286. The number of carbonyl (C=O) groups is 1. The Morgan fingerprint density at radius 2 is 2.18 bits per heavy atom. The molecule has 11 heavy (non-hydrogen) atoms. The Kier molecular flexibility index (Phi) is 5.25. The first kappa shape index (κ1) is 10.0. The molecule has 0 aromatic rings. The van der Waals surface area contributed by atoms with E-state index in [-0.39, 0.29) is 5.97 Å². The summed E-state index contributed by atoms with van der Waals surface area (Å²) in [6, 6.07) is 0. The van der Waals surface area contributed by atoms with E-state index >= 15 is 0 Å². The summed E-state index contributed by atoms with van der Waals surface area (Å²) in [5.41, 5.74) is 0.839. The van der Waals surface area contributed by atoms with Gasteiger partial charge in [0.2, 0.25) is 0 Å². The number of nitrogens with one attached hydrogen (secondary N) is 1. The molecule has 1 N–H and O–H groups in total. The van der Waals surface area contributed by atoms with E-state index in [1.54, 1.807) is 6.92 Å². The highest BCUT2D eigenvalue weighted by atomic mass is 16.5. The Morgan fingerprint density at radius 1 is 1.55 bits per heavy atom. The predicted octanol–water partition coefficient (Wildman–Crippen LogP) is 1.06. The fourth-order valence-electron chi connectivity index (χ4n) is 0.691.